The molecule has 1 N–H and O–H groups in total. The summed E-state index contributed by atoms with van der Waals surface area (Å²) in [7, 11) is 0. The molecule has 0 fully saturated rings. The van der Waals surface area contributed by atoms with Crippen LogP contribution in [0.25, 0.3) is 0 Å². The molecule has 1 aromatic rings. The Morgan fingerprint density at radius 1 is 1.54 bits per heavy atom. The Kier molecular flexibility index (Phi) is 3.48. The number of hydrogen-bond acceptors (Lipinski definition) is 3. The Labute approximate surface area is 83.5 Å². The van der Waals surface area contributed by atoms with Crippen molar-refractivity contribution in [3.05, 3.63) is 17.0 Å². The van der Waals surface area contributed by atoms with E-state index >= 15 is 0 Å². The summed E-state index contributed by atoms with van der Waals surface area (Å²) in [5, 5.41) is 3.78. The van der Waals surface area contributed by atoms with Crippen molar-refractivity contribution in [2.24, 2.45) is 0 Å². The van der Waals surface area contributed by atoms with Crippen molar-refractivity contribution in [2.75, 3.05) is 5.32 Å². The first-order chi connectivity index (χ1) is 6.15. The van der Waals surface area contributed by atoms with Gasteiger partial charge >= 0.3 is 0 Å². The average molecular weight is 200 g/mol. The van der Waals surface area contributed by atoms with Gasteiger partial charge in [-0.2, -0.15) is 0 Å². The first-order valence-electron chi connectivity index (χ1n) is 4.38. The molecule has 1 heterocycles. The third kappa shape index (κ3) is 2.56. The molecule has 0 saturated carbocycles. The molecule has 1 rings (SSSR count). The minimum atomic E-state index is 0.407. The van der Waals surface area contributed by atoms with E-state index in [1.165, 1.54) is 6.33 Å². The molecular weight excluding hydrogens is 186 g/mol. The molecule has 0 bridgehead atoms. The molecular formula is C9H14ClN3. The molecule has 0 aromatic carbocycles. The van der Waals surface area contributed by atoms with Crippen molar-refractivity contribution in [1.82, 2.24) is 9.97 Å². The Hall–Kier alpha value is -0.830. The van der Waals surface area contributed by atoms with Gasteiger partial charge in [0.15, 0.2) is 0 Å². The number of aromatic nitrogens is 2. The number of rotatable bonds is 3. The summed E-state index contributed by atoms with van der Waals surface area (Å²) in [6.45, 7) is 6.14. The molecule has 0 aliphatic rings. The van der Waals surface area contributed by atoms with E-state index in [-0.39, 0.29) is 0 Å². The van der Waals surface area contributed by atoms with Crippen LogP contribution in [0.5, 0.6) is 0 Å². The smallest absolute Gasteiger partial charge is 0.137 e. The molecule has 72 valence electrons. The van der Waals surface area contributed by atoms with Crippen LogP contribution in [0.4, 0.5) is 5.82 Å². The summed E-state index contributed by atoms with van der Waals surface area (Å²) in [4.78, 5) is 8.01. The summed E-state index contributed by atoms with van der Waals surface area (Å²) in [6.07, 6.45) is 2.53. The van der Waals surface area contributed by atoms with Crippen LogP contribution < -0.4 is 5.32 Å². The highest BCUT2D eigenvalue weighted by Crippen LogP contribution is 2.18. The van der Waals surface area contributed by atoms with Crippen LogP contribution in [0.3, 0.4) is 0 Å². The number of anilines is 1. The molecule has 0 saturated heterocycles. The van der Waals surface area contributed by atoms with Crippen molar-refractivity contribution in [2.45, 2.75) is 33.2 Å². The van der Waals surface area contributed by atoms with Gasteiger partial charge in [0.05, 0.1) is 0 Å². The van der Waals surface area contributed by atoms with E-state index in [0.717, 1.165) is 17.8 Å². The second kappa shape index (κ2) is 4.42. The minimum Gasteiger partial charge on any atom is -0.367 e. The fraction of sp³-hybridized carbons (Fsp3) is 0.556. The predicted octanol–water partition coefficient (Wildman–Crippen LogP) is 2.65. The SMILES string of the molecule is CCC(C)Nc1ncnc(Cl)c1C. The zero-order chi connectivity index (χ0) is 9.84. The van der Waals surface area contributed by atoms with E-state index in [9.17, 15) is 0 Å². The van der Waals surface area contributed by atoms with Gasteiger partial charge in [0.1, 0.15) is 17.3 Å². The van der Waals surface area contributed by atoms with Gasteiger partial charge in [-0.15, -0.1) is 0 Å². The Morgan fingerprint density at radius 2 is 2.23 bits per heavy atom. The first-order valence-corrected chi connectivity index (χ1v) is 4.76. The van der Waals surface area contributed by atoms with E-state index < -0.39 is 0 Å². The van der Waals surface area contributed by atoms with Gasteiger partial charge in [-0.3, -0.25) is 0 Å². The van der Waals surface area contributed by atoms with Crippen LogP contribution >= 0.6 is 11.6 Å². The topological polar surface area (TPSA) is 37.8 Å². The molecule has 1 unspecified atom stereocenters. The van der Waals surface area contributed by atoms with Crippen molar-refractivity contribution < 1.29 is 0 Å². The van der Waals surface area contributed by atoms with Gasteiger partial charge in [-0.05, 0) is 20.3 Å². The fourth-order valence-corrected chi connectivity index (χ4v) is 1.04. The minimum absolute atomic E-state index is 0.407. The van der Waals surface area contributed by atoms with Crippen molar-refractivity contribution in [3.63, 3.8) is 0 Å². The fourth-order valence-electron chi connectivity index (χ4n) is 0.910. The number of nitrogens with one attached hydrogen (secondary N) is 1. The summed E-state index contributed by atoms with van der Waals surface area (Å²) in [5.74, 6) is 0.828. The van der Waals surface area contributed by atoms with Crippen LogP contribution in [0, 0.1) is 6.92 Å². The quantitative estimate of drug-likeness (QED) is 0.761. The predicted molar refractivity (Wildman–Crippen MR) is 55.2 cm³/mol. The summed E-state index contributed by atoms with van der Waals surface area (Å²) < 4.78 is 0. The molecule has 0 radical (unpaired) electrons. The van der Waals surface area contributed by atoms with Gasteiger partial charge in [-0.1, -0.05) is 18.5 Å². The maximum Gasteiger partial charge on any atom is 0.137 e. The van der Waals surface area contributed by atoms with Crippen LogP contribution in [-0.4, -0.2) is 16.0 Å². The van der Waals surface area contributed by atoms with Crippen LogP contribution in [-0.2, 0) is 0 Å². The molecule has 3 nitrogen and oxygen atoms in total. The lowest BCUT2D eigenvalue weighted by molar-refractivity contribution is 0.757. The van der Waals surface area contributed by atoms with E-state index in [1.54, 1.807) is 0 Å². The van der Waals surface area contributed by atoms with Crippen LogP contribution in [0.1, 0.15) is 25.8 Å². The molecule has 1 atom stereocenters. The van der Waals surface area contributed by atoms with Gasteiger partial charge in [-0.25, -0.2) is 9.97 Å². The van der Waals surface area contributed by atoms with E-state index in [1.807, 2.05) is 6.92 Å². The van der Waals surface area contributed by atoms with Crippen LogP contribution in [0.15, 0.2) is 6.33 Å². The average Bonchev–Trinajstić information content (AvgIpc) is 2.13. The largest absolute Gasteiger partial charge is 0.367 e. The lowest BCUT2D eigenvalue weighted by Gasteiger charge is -2.13. The highest BCUT2D eigenvalue weighted by molar-refractivity contribution is 6.30. The summed E-state index contributed by atoms with van der Waals surface area (Å²) in [5.41, 5.74) is 0.907. The Bertz CT molecular complexity index is 288. The third-order valence-electron chi connectivity index (χ3n) is 2.02. The molecule has 0 aliphatic carbocycles. The second-order valence-electron chi connectivity index (χ2n) is 3.09. The number of hydrogen-bond donors (Lipinski definition) is 1. The second-order valence-corrected chi connectivity index (χ2v) is 3.45. The molecule has 0 amide bonds. The monoisotopic (exact) mass is 199 g/mol. The summed E-state index contributed by atoms with van der Waals surface area (Å²) >= 11 is 5.85. The zero-order valence-electron chi connectivity index (χ0n) is 8.13. The number of halogens is 1. The molecule has 4 heteroatoms. The molecule has 0 spiro atoms. The lowest BCUT2D eigenvalue weighted by atomic mass is 10.2. The standard InChI is InChI=1S/C9H14ClN3/c1-4-6(2)13-9-7(3)8(10)11-5-12-9/h5-6H,4H2,1-3H3,(H,11,12,13). The Balaban J connectivity index is 2.83. The molecule has 0 aliphatic heterocycles. The van der Waals surface area contributed by atoms with Gasteiger partial charge in [0.2, 0.25) is 0 Å². The lowest BCUT2D eigenvalue weighted by Crippen LogP contribution is -2.15. The van der Waals surface area contributed by atoms with Crippen molar-refractivity contribution >= 4 is 17.4 Å². The third-order valence-corrected chi connectivity index (χ3v) is 2.40. The van der Waals surface area contributed by atoms with Gasteiger partial charge in [0, 0.05) is 11.6 Å². The van der Waals surface area contributed by atoms with E-state index in [0.29, 0.717) is 11.2 Å². The molecule has 1 aromatic heterocycles. The van der Waals surface area contributed by atoms with Gasteiger partial charge in [0.25, 0.3) is 0 Å². The maximum atomic E-state index is 5.85. The normalized spacial score (nSPS) is 12.6. The molecule has 13 heavy (non-hydrogen) atoms. The number of nitrogens with zero attached hydrogens (tertiary/aromatic N) is 2. The van der Waals surface area contributed by atoms with E-state index in [2.05, 4.69) is 29.1 Å². The van der Waals surface area contributed by atoms with Crippen molar-refractivity contribution in [3.8, 4) is 0 Å². The van der Waals surface area contributed by atoms with E-state index in [4.69, 9.17) is 11.6 Å². The van der Waals surface area contributed by atoms with Crippen molar-refractivity contribution in [1.29, 1.82) is 0 Å². The summed E-state index contributed by atoms with van der Waals surface area (Å²) in [6, 6.07) is 0.407. The highest BCUT2D eigenvalue weighted by atomic mass is 35.5. The van der Waals surface area contributed by atoms with Gasteiger partial charge < -0.3 is 5.32 Å². The Morgan fingerprint density at radius 3 is 2.85 bits per heavy atom. The zero-order valence-corrected chi connectivity index (χ0v) is 8.89. The maximum absolute atomic E-state index is 5.85. The van der Waals surface area contributed by atoms with Crippen LogP contribution in [0.2, 0.25) is 5.15 Å². The highest BCUT2D eigenvalue weighted by Gasteiger charge is 2.06. The first kappa shape index (κ1) is 10.3.